The molecule has 4 heteroatoms. The minimum atomic E-state index is -1.57. The van der Waals surface area contributed by atoms with Crippen LogP contribution in [0.2, 0.25) is 6.55 Å². The highest BCUT2D eigenvalue weighted by molar-refractivity contribution is 6.51. The number of hydrogen-bond acceptors (Lipinski definition) is 3. The molecule has 0 aliphatic rings. The summed E-state index contributed by atoms with van der Waals surface area (Å²) in [5.41, 5.74) is 0.528. The molecule has 17 heavy (non-hydrogen) atoms. The second kappa shape index (κ2) is 8.41. The van der Waals surface area contributed by atoms with Gasteiger partial charge in [0, 0.05) is 19.8 Å². The van der Waals surface area contributed by atoms with Crippen molar-refractivity contribution in [3.8, 4) is 0 Å². The lowest BCUT2D eigenvalue weighted by molar-refractivity contribution is 0.126. The van der Waals surface area contributed by atoms with Gasteiger partial charge in [-0.3, -0.25) is 0 Å². The molecule has 0 amide bonds. The van der Waals surface area contributed by atoms with Crippen LogP contribution in [0.1, 0.15) is 24.6 Å². The Kier molecular flexibility index (Phi) is 7.12. The van der Waals surface area contributed by atoms with Gasteiger partial charge in [-0.25, -0.2) is 0 Å². The van der Waals surface area contributed by atoms with E-state index in [4.69, 9.17) is 9.16 Å². The summed E-state index contributed by atoms with van der Waals surface area (Å²) < 4.78 is 10.9. The summed E-state index contributed by atoms with van der Waals surface area (Å²) in [4.78, 5) is 0. The molecule has 0 radical (unpaired) electrons. The Labute approximate surface area is 105 Å². The average Bonchev–Trinajstić information content (AvgIpc) is 2.38. The Morgan fingerprint density at radius 1 is 1.24 bits per heavy atom. The minimum Gasteiger partial charge on any atom is -0.417 e. The predicted molar refractivity (Wildman–Crippen MR) is 71.5 cm³/mol. The number of ether oxygens (including phenoxy) is 1. The van der Waals surface area contributed by atoms with Gasteiger partial charge in [-0.05, 0) is 25.5 Å². The third-order valence-electron chi connectivity index (χ3n) is 2.60. The van der Waals surface area contributed by atoms with E-state index < -0.39 is 14.8 Å². The summed E-state index contributed by atoms with van der Waals surface area (Å²) in [7, 11) is -1.57. The standard InChI is InChI=1S/C13H22O3Si/c1-3-15-10-7-11-16-17(2)13(14)12-8-5-4-6-9-12/h4-6,8-9,13-14,17H,3,7,10-11H2,1-2H3. The third-order valence-corrected chi connectivity index (χ3v) is 4.64. The minimum absolute atomic E-state index is 0.428. The van der Waals surface area contributed by atoms with E-state index in [2.05, 4.69) is 0 Å². The molecule has 0 aliphatic heterocycles. The molecule has 1 N–H and O–H groups in total. The van der Waals surface area contributed by atoms with Gasteiger partial charge in [-0.2, -0.15) is 0 Å². The maximum absolute atomic E-state index is 10.1. The van der Waals surface area contributed by atoms with Crippen LogP contribution in [0.25, 0.3) is 0 Å². The molecule has 0 saturated heterocycles. The summed E-state index contributed by atoms with van der Waals surface area (Å²) >= 11 is 0. The number of aliphatic hydroxyl groups excluding tert-OH is 1. The Balaban J connectivity index is 2.25. The highest BCUT2D eigenvalue weighted by atomic mass is 28.3. The zero-order valence-electron chi connectivity index (χ0n) is 10.6. The lowest BCUT2D eigenvalue weighted by atomic mass is 10.2. The van der Waals surface area contributed by atoms with Crippen molar-refractivity contribution in [2.45, 2.75) is 25.6 Å². The molecule has 0 bridgehead atoms. The summed E-state index contributed by atoms with van der Waals surface area (Å²) in [5.74, 6) is 0. The predicted octanol–water partition coefficient (Wildman–Crippen LogP) is 2.06. The van der Waals surface area contributed by atoms with Gasteiger partial charge in [0.25, 0.3) is 0 Å². The van der Waals surface area contributed by atoms with Gasteiger partial charge in [0.15, 0.2) is 0 Å². The van der Waals surface area contributed by atoms with Crippen LogP contribution in [-0.2, 0) is 9.16 Å². The smallest absolute Gasteiger partial charge is 0.207 e. The molecule has 0 heterocycles. The molecule has 0 aromatic heterocycles. The molecule has 0 saturated carbocycles. The van der Waals surface area contributed by atoms with E-state index in [0.717, 1.165) is 25.2 Å². The van der Waals surface area contributed by atoms with Crippen molar-refractivity contribution >= 4 is 9.04 Å². The Hall–Kier alpha value is -0.683. The molecule has 1 rings (SSSR count). The number of aliphatic hydroxyl groups is 1. The first-order valence-corrected chi connectivity index (χ1v) is 8.47. The summed E-state index contributed by atoms with van der Waals surface area (Å²) in [6, 6.07) is 9.71. The van der Waals surface area contributed by atoms with Crippen LogP contribution in [0, 0.1) is 0 Å². The SMILES string of the molecule is CCOCCCO[SiH](C)C(O)c1ccccc1. The fourth-order valence-electron chi connectivity index (χ4n) is 1.59. The van der Waals surface area contributed by atoms with Crippen molar-refractivity contribution in [3.63, 3.8) is 0 Å². The molecular formula is C13H22O3Si. The Morgan fingerprint density at radius 3 is 2.59 bits per heavy atom. The van der Waals surface area contributed by atoms with Crippen LogP contribution in [0.3, 0.4) is 0 Å². The van der Waals surface area contributed by atoms with Crippen LogP contribution in [0.5, 0.6) is 0 Å². The molecule has 0 spiro atoms. The lowest BCUT2D eigenvalue weighted by Gasteiger charge is -2.18. The van der Waals surface area contributed by atoms with Gasteiger partial charge in [0.1, 0.15) is 0 Å². The van der Waals surface area contributed by atoms with Crippen molar-refractivity contribution < 1.29 is 14.3 Å². The molecule has 0 aliphatic carbocycles. The monoisotopic (exact) mass is 254 g/mol. The molecule has 3 nitrogen and oxygen atoms in total. The van der Waals surface area contributed by atoms with Gasteiger partial charge >= 0.3 is 0 Å². The molecule has 2 unspecified atom stereocenters. The molecule has 1 aromatic rings. The number of rotatable bonds is 8. The van der Waals surface area contributed by atoms with E-state index in [9.17, 15) is 5.11 Å². The van der Waals surface area contributed by atoms with E-state index >= 15 is 0 Å². The lowest BCUT2D eigenvalue weighted by Crippen LogP contribution is -2.24. The van der Waals surface area contributed by atoms with Gasteiger partial charge < -0.3 is 14.3 Å². The first-order valence-electron chi connectivity index (χ1n) is 6.18. The Bertz CT molecular complexity index is 292. The normalized spacial score (nSPS) is 14.5. The van der Waals surface area contributed by atoms with Crippen LogP contribution in [0.15, 0.2) is 30.3 Å². The quantitative estimate of drug-likeness (QED) is 0.570. The van der Waals surface area contributed by atoms with Crippen molar-refractivity contribution in [2.24, 2.45) is 0 Å². The van der Waals surface area contributed by atoms with Crippen LogP contribution in [0.4, 0.5) is 0 Å². The topological polar surface area (TPSA) is 38.7 Å². The van der Waals surface area contributed by atoms with E-state index in [-0.39, 0.29) is 0 Å². The second-order valence-electron chi connectivity index (χ2n) is 3.98. The van der Waals surface area contributed by atoms with E-state index in [1.165, 1.54) is 0 Å². The summed E-state index contributed by atoms with van der Waals surface area (Å²) in [5, 5.41) is 10.1. The largest absolute Gasteiger partial charge is 0.417 e. The van der Waals surface area contributed by atoms with Crippen molar-refractivity contribution in [1.29, 1.82) is 0 Å². The Morgan fingerprint density at radius 2 is 1.94 bits per heavy atom. The van der Waals surface area contributed by atoms with Crippen LogP contribution in [-0.4, -0.2) is 34.0 Å². The number of hydrogen-bond donors (Lipinski definition) is 1. The van der Waals surface area contributed by atoms with Gasteiger partial charge in [-0.1, -0.05) is 30.3 Å². The van der Waals surface area contributed by atoms with E-state index in [1.54, 1.807) is 0 Å². The van der Waals surface area contributed by atoms with Gasteiger partial charge in [0.2, 0.25) is 9.04 Å². The summed E-state index contributed by atoms with van der Waals surface area (Å²) in [6.07, 6.45) is 0.896. The first-order chi connectivity index (χ1) is 8.25. The highest BCUT2D eigenvalue weighted by Gasteiger charge is 2.18. The average molecular weight is 254 g/mol. The maximum Gasteiger partial charge on any atom is 0.207 e. The maximum atomic E-state index is 10.1. The van der Waals surface area contributed by atoms with E-state index in [1.807, 2.05) is 43.8 Å². The third kappa shape index (κ3) is 5.45. The molecule has 0 fully saturated rings. The van der Waals surface area contributed by atoms with Crippen LogP contribution < -0.4 is 0 Å². The van der Waals surface area contributed by atoms with Gasteiger partial charge in [-0.15, -0.1) is 0 Å². The molecule has 96 valence electrons. The molecular weight excluding hydrogens is 232 g/mol. The van der Waals surface area contributed by atoms with Crippen molar-refractivity contribution in [1.82, 2.24) is 0 Å². The number of benzene rings is 1. The highest BCUT2D eigenvalue weighted by Crippen LogP contribution is 2.16. The summed E-state index contributed by atoms with van der Waals surface area (Å²) in [6.45, 7) is 6.17. The van der Waals surface area contributed by atoms with Crippen LogP contribution >= 0.6 is 0 Å². The fraction of sp³-hybridized carbons (Fsp3) is 0.538. The molecule has 1 aromatic carbocycles. The first kappa shape index (κ1) is 14.4. The van der Waals surface area contributed by atoms with Crippen molar-refractivity contribution in [3.05, 3.63) is 35.9 Å². The van der Waals surface area contributed by atoms with Crippen molar-refractivity contribution in [2.75, 3.05) is 19.8 Å². The zero-order valence-corrected chi connectivity index (χ0v) is 11.8. The molecule has 2 atom stereocenters. The fourth-order valence-corrected chi connectivity index (χ4v) is 3.07. The van der Waals surface area contributed by atoms with Gasteiger partial charge in [0.05, 0.1) is 5.73 Å². The van der Waals surface area contributed by atoms with E-state index in [0.29, 0.717) is 6.61 Å². The second-order valence-corrected chi connectivity index (χ2v) is 6.36. The zero-order chi connectivity index (χ0) is 12.5.